The number of aliphatic carboxylic acids is 1. The summed E-state index contributed by atoms with van der Waals surface area (Å²) < 4.78 is 16.5. The normalized spacial score (nSPS) is 24.3. The second kappa shape index (κ2) is 15.6. The lowest BCUT2D eigenvalue weighted by Crippen LogP contribution is -2.29. The van der Waals surface area contributed by atoms with Crippen LogP contribution in [0.3, 0.4) is 0 Å². The van der Waals surface area contributed by atoms with E-state index in [4.69, 9.17) is 29.3 Å². The fourth-order valence-corrected chi connectivity index (χ4v) is 3.69. The molecular formula is C25H34N2O11. The van der Waals surface area contributed by atoms with Crippen LogP contribution in [-0.2, 0) is 43.0 Å². The third-order valence-corrected chi connectivity index (χ3v) is 5.64. The van der Waals surface area contributed by atoms with Crippen molar-refractivity contribution in [3.8, 4) is 0 Å². The van der Waals surface area contributed by atoms with Crippen LogP contribution in [0.1, 0.15) is 52.4 Å². The molecule has 2 aliphatic rings. The molecule has 0 radical (unpaired) electrons. The second-order valence-electron chi connectivity index (χ2n) is 9.18. The van der Waals surface area contributed by atoms with Gasteiger partial charge in [0.25, 0.3) is 0 Å². The lowest BCUT2D eigenvalue weighted by atomic mass is 9.95. The summed E-state index contributed by atoms with van der Waals surface area (Å²) in [6.07, 6.45) is 4.45. The second-order valence-corrected chi connectivity index (χ2v) is 9.18. The quantitative estimate of drug-likeness (QED) is 0.131. The van der Waals surface area contributed by atoms with E-state index in [1.54, 1.807) is 26.0 Å². The monoisotopic (exact) mass is 538 g/mol. The number of carboxylic acids is 1. The van der Waals surface area contributed by atoms with E-state index < -0.39 is 42.2 Å². The molecule has 0 aromatic heterocycles. The van der Waals surface area contributed by atoms with Crippen LogP contribution in [0.15, 0.2) is 29.5 Å². The summed E-state index contributed by atoms with van der Waals surface area (Å²) >= 11 is 0. The van der Waals surface area contributed by atoms with Crippen LogP contribution in [-0.4, -0.2) is 77.4 Å². The molecule has 1 unspecified atom stereocenters. The van der Waals surface area contributed by atoms with E-state index in [1.807, 2.05) is 0 Å². The van der Waals surface area contributed by atoms with Gasteiger partial charge in [-0.05, 0) is 31.3 Å². The van der Waals surface area contributed by atoms with E-state index in [2.05, 4.69) is 10.5 Å². The molecule has 38 heavy (non-hydrogen) atoms. The Morgan fingerprint density at radius 3 is 2.68 bits per heavy atom. The summed E-state index contributed by atoms with van der Waals surface area (Å²) in [6, 6.07) is 0. The molecule has 210 valence electrons. The van der Waals surface area contributed by atoms with Crippen LogP contribution in [0, 0.1) is 11.8 Å². The largest absolute Gasteiger partial charge is 0.478 e. The number of nitrogens with zero attached hydrogens (tertiary/aromatic N) is 1. The lowest BCUT2D eigenvalue weighted by molar-refractivity contribution is -0.149. The molecule has 1 fully saturated rings. The van der Waals surface area contributed by atoms with Gasteiger partial charge in [-0.2, -0.15) is 0 Å². The van der Waals surface area contributed by atoms with Gasteiger partial charge < -0.3 is 34.6 Å². The number of nitrogens with one attached hydrogen (secondary N) is 1. The Bertz CT molecular complexity index is 957. The summed E-state index contributed by atoms with van der Waals surface area (Å²) in [5, 5.41) is 23.8. The topological polar surface area (TPSA) is 187 Å². The first-order chi connectivity index (χ1) is 18.1. The number of rotatable bonds is 13. The minimum absolute atomic E-state index is 0.0586. The van der Waals surface area contributed by atoms with Crippen molar-refractivity contribution in [2.45, 2.75) is 70.7 Å². The number of carboxylic acid groups (broad SMARTS) is 1. The highest BCUT2D eigenvalue weighted by atomic mass is 16.7. The minimum Gasteiger partial charge on any atom is -0.478 e. The molecule has 2 rings (SSSR count). The molecule has 13 nitrogen and oxygen atoms in total. The molecule has 0 aromatic carbocycles. The van der Waals surface area contributed by atoms with Crippen LogP contribution >= 0.6 is 0 Å². The van der Waals surface area contributed by atoms with Crippen molar-refractivity contribution < 1.29 is 53.2 Å². The van der Waals surface area contributed by atoms with E-state index in [1.165, 1.54) is 0 Å². The molecule has 2 aliphatic heterocycles. The summed E-state index contributed by atoms with van der Waals surface area (Å²) in [7, 11) is 0. The molecule has 1 amide bonds. The Labute approximate surface area is 219 Å². The van der Waals surface area contributed by atoms with Crippen molar-refractivity contribution in [2.75, 3.05) is 13.2 Å². The van der Waals surface area contributed by atoms with Crippen LogP contribution in [0.25, 0.3) is 0 Å². The number of aliphatic hydroxyl groups excluding tert-OH is 1. The zero-order valence-corrected chi connectivity index (χ0v) is 21.4. The number of esters is 2. The van der Waals surface area contributed by atoms with E-state index in [9.17, 15) is 24.0 Å². The summed E-state index contributed by atoms with van der Waals surface area (Å²) in [5.74, 6) is -3.98. The van der Waals surface area contributed by atoms with Gasteiger partial charge in [-0.25, -0.2) is 14.4 Å². The molecule has 0 aliphatic carbocycles. The van der Waals surface area contributed by atoms with Crippen LogP contribution < -0.4 is 5.32 Å². The fourth-order valence-electron chi connectivity index (χ4n) is 3.69. The summed E-state index contributed by atoms with van der Waals surface area (Å²) in [6.45, 7) is 3.11. The van der Waals surface area contributed by atoms with E-state index in [0.717, 1.165) is 6.08 Å². The van der Waals surface area contributed by atoms with Crippen molar-refractivity contribution in [1.82, 2.24) is 5.32 Å². The van der Waals surface area contributed by atoms with Gasteiger partial charge in [-0.1, -0.05) is 25.1 Å². The number of amidine groups is 1. The molecule has 0 saturated carbocycles. The van der Waals surface area contributed by atoms with Gasteiger partial charge in [0.2, 0.25) is 5.91 Å². The third kappa shape index (κ3) is 11.2. The number of ether oxygens (including phenoxy) is 3. The average Bonchev–Trinajstić information content (AvgIpc) is 3.15. The Balaban J connectivity index is 2.00. The lowest BCUT2D eigenvalue weighted by Gasteiger charge is -2.20. The number of carbonyl (C=O) groups excluding carboxylic acids is 4. The van der Waals surface area contributed by atoms with Crippen LogP contribution in [0.4, 0.5) is 0 Å². The van der Waals surface area contributed by atoms with Crippen molar-refractivity contribution in [1.29, 1.82) is 0 Å². The molecule has 2 heterocycles. The SMILES string of the molecule is CC(C)C(=O)O/N=C1\C=CC(CC[C@@H]2O[C@H](COC(=O)CCCO)C[C@H]2OC(=O)/C=C\C(=O)O)CC(=O)N1. The Morgan fingerprint density at radius 1 is 1.24 bits per heavy atom. The molecule has 4 atom stereocenters. The highest BCUT2D eigenvalue weighted by Gasteiger charge is 2.38. The maximum atomic E-state index is 12.3. The number of hydrogen-bond donors (Lipinski definition) is 3. The van der Waals surface area contributed by atoms with Gasteiger partial charge in [-0.15, -0.1) is 0 Å². The number of carbonyl (C=O) groups is 5. The standard InChI is InChI=1S/C25H34N2O11/c1-15(2)25(34)38-27-20-8-6-16(12-21(29)26-20)5-7-18-19(37-24(33)10-9-22(30)31)13-17(36-18)14-35-23(32)4-3-11-28/h6,8-10,15-19,28H,3-5,7,11-14H2,1-2H3,(H,30,31)(H,26,27,29)/b10-9-/t16?,17-,18-,19+/m0/s1. The molecule has 0 spiro atoms. The number of oxime groups is 1. The van der Waals surface area contributed by atoms with Crippen molar-refractivity contribution >= 4 is 35.6 Å². The number of amides is 1. The van der Waals surface area contributed by atoms with Crippen molar-refractivity contribution in [3.63, 3.8) is 0 Å². The molecule has 3 N–H and O–H groups in total. The molecule has 1 saturated heterocycles. The van der Waals surface area contributed by atoms with Gasteiger partial charge in [0, 0.05) is 38.0 Å². The Hall–Kier alpha value is -3.58. The van der Waals surface area contributed by atoms with Crippen LogP contribution in [0.5, 0.6) is 0 Å². The maximum absolute atomic E-state index is 12.3. The van der Waals surface area contributed by atoms with Gasteiger partial charge in [0.15, 0.2) is 5.84 Å². The Kier molecular flexibility index (Phi) is 12.6. The Morgan fingerprint density at radius 2 is 2.00 bits per heavy atom. The fraction of sp³-hybridized carbons (Fsp3) is 0.600. The van der Waals surface area contributed by atoms with Crippen molar-refractivity contribution in [3.05, 3.63) is 24.3 Å². The van der Waals surface area contributed by atoms with Gasteiger partial charge in [0.1, 0.15) is 12.7 Å². The number of aliphatic hydroxyl groups is 1. The average molecular weight is 539 g/mol. The maximum Gasteiger partial charge on any atom is 0.337 e. The first-order valence-corrected chi connectivity index (χ1v) is 12.4. The predicted octanol–water partition coefficient (Wildman–Crippen LogP) is 0.997. The summed E-state index contributed by atoms with van der Waals surface area (Å²) in [5.41, 5.74) is 0. The first-order valence-electron chi connectivity index (χ1n) is 12.4. The van der Waals surface area contributed by atoms with E-state index in [-0.39, 0.29) is 62.5 Å². The van der Waals surface area contributed by atoms with Gasteiger partial charge in [-0.3, -0.25) is 9.59 Å². The third-order valence-electron chi connectivity index (χ3n) is 5.64. The predicted molar refractivity (Wildman–Crippen MR) is 130 cm³/mol. The summed E-state index contributed by atoms with van der Waals surface area (Å²) in [4.78, 5) is 63.2. The van der Waals surface area contributed by atoms with Gasteiger partial charge in [0.05, 0.1) is 18.1 Å². The highest BCUT2D eigenvalue weighted by Crippen LogP contribution is 2.29. The molecular weight excluding hydrogens is 504 g/mol. The molecule has 13 heteroatoms. The minimum atomic E-state index is -1.30. The van der Waals surface area contributed by atoms with E-state index >= 15 is 0 Å². The number of allylic oxidation sites excluding steroid dienone is 1. The van der Waals surface area contributed by atoms with Crippen LogP contribution in [0.2, 0.25) is 0 Å². The zero-order chi connectivity index (χ0) is 28.1. The van der Waals surface area contributed by atoms with Crippen molar-refractivity contribution in [2.24, 2.45) is 17.0 Å². The molecule has 0 bridgehead atoms. The van der Waals surface area contributed by atoms with E-state index in [0.29, 0.717) is 18.9 Å². The number of hydrogen-bond acceptors (Lipinski definition) is 11. The smallest absolute Gasteiger partial charge is 0.337 e. The first kappa shape index (κ1) is 30.6. The highest BCUT2D eigenvalue weighted by molar-refractivity contribution is 6.05. The molecule has 0 aromatic rings. The zero-order valence-electron chi connectivity index (χ0n) is 21.4. The van der Waals surface area contributed by atoms with Gasteiger partial charge >= 0.3 is 23.9 Å².